The quantitative estimate of drug-likeness (QED) is 0.786. The molecule has 4 rings (SSSR count). The molecule has 2 heterocycles. The molecule has 2 N–H and O–H groups in total. The molecular weight excluding hydrogens is 328 g/mol. The summed E-state index contributed by atoms with van der Waals surface area (Å²) in [4.78, 5) is 17.0. The van der Waals surface area contributed by atoms with E-state index in [1.807, 2.05) is 24.3 Å². The summed E-state index contributed by atoms with van der Waals surface area (Å²) >= 11 is 0. The van der Waals surface area contributed by atoms with Crippen LogP contribution in [-0.2, 0) is 11.3 Å². The van der Waals surface area contributed by atoms with E-state index in [0.717, 1.165) is 31.7 Å². The largest absolute Gasteiger partial charge is 0.392 e. The number of amides is 1. The average Bonchev–Trinajstić information content (AvgIpc) is 3.36. The number of aliphatic hydroxyl groups is 1. The fourth-order valence-electron chi connectivity index (χ4n) is 4.06. The van der Waals surface area contributed by atoms with Gasteiger partial charge < -0.3 is 10.4 Å². The normalized spacial score (nSPS) is 27.1. The van der Waals surface area contributed by atoms with Crippen LogP contribution in [0.1, 0.15) is 30.4 Å². The smallest absolute Gasteiger partial charge is 0.237 e. The Balaban J connectivity index is 1.30. The molecule has 26 heavy (non-hydrogen) atoms. The molecule has 0 spiro atoms. The molecule has 1 aromatic rings. The van der Waals surface area contributed by atoms with E-state index in [1.165, 1.54) is 12.8 Å². The number of nitriles is 1. The Bertz CT molecular complexity index is 706. The maximum Gasteiger partial charge on any atom is 0.237 e. The van der Waals surface area contributed by atoms with Crippen molar-refractivity contribution in [3.63, 3.8) is 0 Å². The Morgan fingerprint density at radius 3 is 2.85 bits per heavy atom. The minimum Gasteiger partial charge on any atom is -0.392 e. The Morgan fingerprint density at radius 2 is 2.12 bits per heavy atom. The topological polar surface area (TPSA) is 79.6 Å². The minimum absolute atomic E-state index is 0.0774. The minimum atomic E-state index is -0.409. The van der Waals surface area contributed by atoms with Gasteiger partial charge in [-0.3, -0.25) is 14.6 Å². The molecule has 1 aromatic carbocycles. The number of hydrogen-bond acceptors (Lipinski definition) is 5. The summed E-state index contributed by atoms with van der Waals surface area (Å²) in [5.74, 6) is 0.746. The fourth-order valence-corrected chi connectivity index (χ4v) is 4.06. The molecule has 2 atom stereocenters. The van der Waals surface area contributed by atoms with E-state index in [9.17, 15) is 9.90 Å². The molecule has 1 aliphatic carbocycles. The maximum absolute atomic E-state index is 12.5. The van der Waals surface area contributed by atoms with Crippen LogP contribution in [0, 0.1) is 17.2 Å². The van der Waals surface area contributed by atoms with E-state index >= 15 is 0 Å². The van der Waals surface area contributed by atoms with Gasteiger partial charge in [0.15, 0.2) is 0 Å². The molecule has 2 saturated heterocycles. The van der Waals surface area contributed by atoms with Gasteiger partial charge >= 0.3 is 0 Å². The zero-order valence-corrected chi connectivity index (χ0v) is 15.0. The van der Waals surface area contributed by atoms with Crippen molar-refractivity contribution in [1.82, 2.24) is 15.1 Å². The first-order valence-electron chi connectivity index (χ1n) is 9.55. The molecule has 0 bridgehead atoms. The fraction of sp³-hybridized carbons (Fsp3) is 0.600. The van der Waals surface area contributed by atoms with Crippen molar-refractivity contribution in [2.75, 3.05) is 26.2 Å². The lowest BCUT2D eigenvalue weighted by molar-refractivity contribution is -0.127. The third-order valence-electron chi connectivity index (χ3n) is 5.75. The molecule has 6 heteroatoms. The third kappa shape index (κ3) is 3.90. The van der Waals surface area contributed by atoms with Gasteiger partial charge in [0.1, 0.15) is 0 Å². The number of likely N-dealkylation sites (tertiary alicyclic amines) is 2. The van der Waals surface area contributed by atoms with Crippen LogP contribution >= 0.6 is 0 Å². The van der Waals surface area contributed by atoms with Gasteiger partial charge in [-0.25, -0.2) is 0 Å². The predicted octanol–water partition coefficient (Wildman–Crippen LogP) is 0.704. The molecule has 0 radical (unpaired) electrons. The summed E-state index contributed by atoms with van der Waals surface area (Å²) in [6, 6.07) is 10.0. The van der Waals surface area contributed by atoms with Crippen LogP contribution in [0.3, 0.4) is 0 Å². The number of nitrogens with one attached hydrogen (secondary N) is 1. The van der Waals surface area contributed by atoms with E-state index < -0.39 is 6.10 Å². The Morgan fingerprint density at radius 1 is 1.31 bits per heavy atom. The number of carbonyl (C=O) groups excluding carboxylic acids is 1. The highest BCUT2D eigenvalue weighted by Gasteiger charge is 2.43. The van der Waals surface area contributed by atoms with Crippen molar-refractivity contribution < 1.29 is 9.90 Å². The van der Waals surface area contributed by atoms with Gasteiger partial charge in [-0.15, -0.1) is 0 Å². The van der Waals surface area contributed by atoms with E-state index in [0.29, 0.717) is 30.5 Å². The summed E-state index contributed by atoms with van der Waals surface area (Å²) in [7, 11) is 0. The number of benzene rings is 1. The summed E-state index contributed by atoms with van der Waals surface area (Å²) in [5.41, 5.74) is 1.83. The van der Waals surface area contributed by atoms with Crippen molar-refractivity contribution in [3.8, 4) is 6.07 Å². The zero-order valence-electron chi connectivity index (χ0n) is 15.0. The zero-order chi connectivity index (χ0) is 18.1. The van der Waals surface area contributed by atoms with Gasteiger partial charge in [0.05, 0.1) is 23.8 Å². The second-order valence-electron chi connectivity index (χ2n) is 7.95. The van der Waals surface area contributed by atoms with Crippen LogP contribution in [0.4, 0.5) is 0 Å². The molecule has 2 aliphatic heterocycles. The summed E-state index contributed by atoms with van der Waals surface area (Å²) in [6.45, 7) is 3.99. The number of hydrogen-bond donors (Lipinski definition) is 2. The molecule has 0 unspecified atom stereocenters. The monoisotopic (exact) mass is 354 g/mol. The highest BCUT2D eigenvalue weighted by atomic mass is 16.3. The lowest BCUT2D eigenvalue weighted by Gasteiger charge is -2.45. The second-order valence-corrected chi connectivity index (χ2v) is 7.95. The molecule has 0 aromatic heterocycles. The summed E-state index contributed by atoms with van der Waals surface area (Å²) in [6.07, 6.45) is 2.58. The van der Waals surface area contributed by atoms with Crippen molar-refractivity contribution in [2.45, 2.75) is 44.0 Å². The molecule has 1 amide bonds. The number of rotatable bonds is 6. The lowest BCUT2D eigenvalue weighted by Crippen LogP contribution is -2.62. The highest BCUT2D eigenvalue weighted by molar-refractivity contribution is 5.82. The average molecular weight is 354 g/mol. The van der Waals surface area contributed by atoms with Crippen LogP contribution in [0.25, 0.3) is 0 Å². The van der Waals surface area contributed by atoms with Crippen LogP contribution in [0.5, 0.6) is 0 Å². The van der Waals surface area contributed by atoms with Gasteiger partial charge in [-0.1, -0.05) is 12.1 Å². The van der Waals surface area contributed by atoms with E-state index in [-0.39, 0.29) is 11.9 Å². The summed E-state index contributed by atoms with van der Waals surface area (Å²) < 4.78 is 0. The first kappa shape index (κ1) is 17.5. The van der Waals surface area contributed by atoms with Gasteiger partial charge in [-0.05, 0) is 42.9 Å². The Kier molecular flexibility index (Phi) is 4.94. The van der Waals surface area contributed by atoms with Gasteiger partial charge in [0, 0.05) is 38.8 Å². The van der Waals surface area contributed by atoms with Crippen molar-refractivity contribution in [1.29, 1.82) is 5.26 Å². The molecule has 3 aliphatic rings. The van der Waals surface area contributed by atoms with Crippen LogP contribution in [0.2, 0.25) is 0 Å². The standard InChI is InChI=1S/C20H26N4O2/c21-8-15-2-1-3-16(6-15)10-23-11-17(12-23)24-13-18(25)7-19(24)20(26)22-9-14-4-5-14/h1-3,6,14,17-19,25H,4-5,7,9-13H2,(H,22,26)/t18-,19+/m1/s1. The van der Waals surface area contributed by atoms with Crippen molar-refractivity contribution >= 4 is 5.91 Å². The first-order chi connectivity index (χ1) is 12.6. The lowest BCUT2D eigenvalue weighted by atomic mass is 10.0. The van der Waals surface area contributed by atoms with Gasteiger partial charge in [0.2, 0.25) is 5.91 Å². The Hall–Kier alpha value is -1.94. The summed E-state index contributed by atoms with van der Waals surface area (Å²) in [5, 5.41) is 22.1. The van der Waals surface area contributed by atoms with Crippen molar-refractivity contribution in [2.24, 2.45) is 5.92 Å². The van der Waals surface area contributed by atoms with Crippen LogP contribution in [0.15, 0.2) is 24.3 Å². The van der Waals surface area contributed by atoms with Crippen LogP contribution < -0.4 is 5.32 Å². The number of aliphatic hydroxyl groups excluding tert-OH is 1. The van der Waals surface area contributed by atoms with E-state index in [2.05, 4.69) is 21.2 Å². The molecule has 1 saturated carbocycles. The van der Waals surface area contributed by atoms with Crippen molar-refractivity contribution in [3.05, 3.63) is 35.4 Å². The molecule has 3 fully saturated rings. The maximum atomic E-state index is 12.5. The Labute approximate surface area is 154 Å². The van der Waals surface area contributed by atoms with Gasteiger partial charge in [0.25, 0.3) is 0 Å². The van der Waals surface area contributed by atoms with E-state index in [4.69, 9.17) is 5.26 Å². The SMILES string of the molecule is N#Cc1cccc(CN2CC(N3C[C@H](O)C[C@H]3C(=O)NCC3CC3)C2)c1. The third-order valence-corrected chi connectivity index (χ3v) is 5.75. The first-order valence-corrected chi connectivity index (χ1v) is 9.55. The molecule has 138 valence electrons. The van der Waals surface area contributed by atoms with E-state index in [1.54, 1.807) is 0 Å². The predicted molar refractivity (Wildman–Crippen MR) is 97.1 cm³/mol. The second kappa shape index (κ2) is 7.36. The number of β-amino-alcohol motifs (C(OH)–C–C–N with tert-alkyl or cyclic N) is 1. The number of nitrogens with zero attached hydrogens (tertiary/aromatic N) is 3. The van der Waals surface area contributed by atoms with Gasteiger partial charge in [-0.2, -0.15) is 5.26 Å². The molecular formula is C20H26N4O2. The van der Waals surface area contributed by atoms with Crippen LogP contribution in [-0.4, -0.2) is 65.2 Å². The highest BCUT2D eigenvalue weighted by Crippen LogP contribution is 2.29. The molecule has 6 nitrogen and oxygen atoms in total. The number of carbonyl (C=O) groups is 1.